The number of rotatable bonds is 29. The first-order valence-electron chi connectivity index (χ1n) is 16.2. The fourth-order valence-corrected chi connectivity index (χ4v) is 4.57. The first kappa shape index (κ1) is 39.4. The Morgan fingerprint density at radius 3 is 1.33 bits per heavy atom. The Kier molecular flexibility index (Phi) is 25.5. The molecule has 0 radical (unpaired) electrons. The van der Waals surface area contributed by atoms with Crippen molar-refractivity contribution in [2.45, 2.75) is 167 Å². The maximum atomic E-state index is 12.4. The molecule has 0 aromatic rings. The van der Waals surface area contributed by atoms with Crippen molar-refractivity contribution in [1.29, 1.82) is 0 Å². The van der Waals surface area contributed by atoms with E-state index in [0.717, 1.165) is 89.9 Å². The number of carbonyl (C=O) groups excluding carboxylic acids is 3. The maximum Gasteiger partial charge on any atom is 0.306 e. The van der Waals surface area contributed by atoms with Crippen LogP contribution in [0.4, 0.5) is 0 Å². The third-order valence-corrected chi connectivity index (χ3v) is 7.04. The van der Waals surface area contributed by atoms with Gasteiger partial charge < -0.3 is 24.4 Å². The molecule has 0 aliphatic carbocycles. The molecule has 10 heteroatoms. The highest BCUT2D eigenvalue weighted by atomic mass is 16.6. The van der Waals surface area contributed by atoms with Crippen LogP contribution in [0.2, 0.25) is 0 Å². The van der Waals surface area contributed by atoms with Crippen LogP contribution in [0.1, 0.15) is 155 Å². The normalized spacial score (nSPS) is 12.3. The predicted octanol–water partition coefficient (Wildman–Crippen LogP) is 7.14. The third-order valence-electron chi connectivity index (χ3n) is 7.04. The molecule has 0 saturated carbocycles. The van der Waals surface area contributed by atoms with Crippen LogP contribution < -0.4 is 0 Å². The molecular weight excluding hydrogens is 544 g/mol. The van der Waals surface area contributed by atoms with Gasteiger partial charge in [-0.2, -0.15) is 0 Å². The molecule has 0 aromatic carbocycles. The Morgan fingerprint density at radius 2 is 0.881 bits per heavy atom. The number of esters is 3. The molecule has 0 rings (SSSR count). The van der Waals surface area contributed by atoms with E-state index in [1.54, 1.807) is 0 Å². The lowest BCUT2D eigenvalue weighted by Crippen LogP contribution is -2.35. The molecule has 2 atom stereocenters. The molecule has 0 amide bonds. The molecule has 0 heterocycles. The summed E-state index contributed by atoms with van der Waals surface area (Å²) in [6.07, 6.45) is 13.0. The number of hydrogen-bond donors (Lipinski definition) is 2. The van der Waals surface area contributed by atoms with E-state index in [4.69, 9.17) is 24.4 Å². The van der Waals surface area contributed by atoms with Gasteiger partial charge in [-0.15, -0.1) is 0 Å². The summed E-state index contributed by atoms with van der Waals surface area (Å²) in [5.41, 5.74) is 0. The number of aliphatic carboxylic acids is 2. The van der Waals surface area contributed by atoms with Gasteiger partial charge in [-0.05, 0) is 38.5 Å². The Balaban J connectivity index is 4.92. The topological polar surface area (TPSA) is 154 Å². The van der Waals surface area contributed by atoms with Gasteiger partial charge in [0.15, 0.2) is 0 Å². The summed E-state index contributed by atoms with van der Waals surface area (Å²) in [7, 11) is 0. The van der Waals surface area contributed by atoms with E-state index in [1.165, 1.54) is 0 Å². The molecule has 0 saturated heterocycles. The van der Waals surface area contributed by atoms with Gasteiger partial charge in [-0.1, -0.05) is 84.5 Å². The van der Waals surface area contributed by atoms with E-state index in [9.17, 15) is 24.0 Å². The Hall–Kier alpha value is -2.65. The summed E-state index contributed by atoms with van der Waals surface area (Å²) >= 11 is 0. The fourth-order valence-electron chi connectivity index (χ4n) is 4.57. The third kappa shape index (κ3) is 25.1. The standard InChI is InChI=1S/C32H56O10/c1-3-5-7-9-11-14-18-26(41-31(38)23-21-28(33)34)27(42-32(39)24-22-29(35)36)19-15-12-10-13-16-20-30(37)40-25-17-8-6-4-2/h26-27H,3-25H2,1-2H3,(H,33,34)(H,35,36). The molecule has 0 fully saturated rings. The quantitative estimate of drug-likeness (QED) is 0.0514. The Labute approximate surface area is 252 Å². The van der Waals surface area contributed by atoms with Crippen LogP contribution in [-0.2, 0) is 38.2 Å². The van der Waals surface area contributed by atoms with Gasteiger partial charge in [-0.25, -0.2) is 0 Å². The molecule has 2 unspecified atom stereocenters. The largest absolute Gasteiger partial charge is 0.481 e. The van der Waals surface area contributed by atoms with Crippen molar-refractivity contribution in [2.24, 2.45) is 0 Å². The minimum atomic E-state index is -1.10. The molecule has 0 aliphatic rings. The lowest BCUT2D eigenvalue weighted by atomic mass is 9.99. The zero-order valence-electron chi connectivity index (χ0n) is 26.1. The van der Waals surface area contributed by atoms with Crippen molar-refractivity contribution < 1.29 is 48.4 Å². The molecule has 0 aromatic heterocycles. The maximum absolute atomic E-state index is 12.4. The number of carboxylic acid groups (broad SMARTS) is 2. The van der Waals surface area contributed by atoms with Gasteiger partial charge in [0.1, 0.15) is 12.2 Å². The second-order valence-corrected chi connectivity index (χ2v) is 11.0. The summed E-state index contributed by atoms with van der Waals surface area (Å²) in [5, 5.41) is 17.9. The summed E-state index contributed by atoms with van der Waals surface area (Å²) < 4.78 is 16.6. The van der Waals surface area contributed by atoms with Crippen LogP contribution in [0.15, 0.2) is 0 Å². The highest BCUT2D eigenvalue weighted by molar-refractivity contribution is 5.77. The molecule has 42 heavy (non-hydrogen) atoms. The van der Waals surface area contributed by atoms with E-state index in [1.807, 2.05) is 0 Å². The lowest BCUT2D eigenvalue weighted by molar-refractivity contribution is -0.170. The van der Waals surface area contributed by atoms with E-state index in [2.05, 4.69) is 13.8 Å². The van der Waals surface area contributed by atoms with Gasteiger partial charge in [0.05, 0.1) is 32.3 Å². The van der Waals surface area contributed by atoms with Gasteiger partial charge in [0, 0.05) is 6.42 Å². The minimum absolute atomic E-state index is 0.165. The molecule has 244 valence electrons. The number of ether oxygens (including phenoxy) is 3. The molecule has 10 nitrogen and oxygen atoms in total. The van der Waals surface area contributed by atoms with Crippen LogP contribution in [0, 0.1) is 0 Å². The van der Waals surface area contributed by atoms with Gasteiger partial charge in [0.25, 0.3) is 0 Å². The fraction of sp³-hybridized carbons (Fsp3) is 0.844. The SMILES string of the molecule is CCCCCCCCC(OC(=O)CCC(=O)O)C(CCCCCCCC(=O)OCCCCCC)OC(=O)CCC(=O)O. The van der Waals surface area contributed by atoms with E-state index in [-0.39, 0.29) is 31.7 Å². The monoisotopic (exact) mass is 600 g/mol. The number of hydrogen-bond acceptors (Lipinski definition) is 8. The molecule has 0 spiro atoms. The highest BCUT2D eigenvalue weighted by Crippen LogP contribution is 2.22. The van der Waals surface area contributed by atoms with Gasteiger partial charge in [-0.3, -0.25) is 24.0 Å². The average molecular weight is 601 g/mol. The van der Waals surface area contributed by atoms with Crippen molar-refractivity contribution in [3.63, 3.8) is 0 Å². The van der Waals surface area contributed by atoms with E-state index in [0.29, 0.717) is 32.3 Å². The van der Waals surface area contributed by atoms with Crippen LogP contribution in [0.3, 0.4) is 0 Å². The van der Waals surface area contributed by atoms with Crippen LogP contribution in [0.25, 0.3) is 0 Å². The van der Waals surface area contributed by atoms with Crippen molar-refractivity contribution in [3.05, 3.63) is 0 Å². The summed E-state index contributed by atoms with van der Waals surface area (Å²) in [5.74, 6) is -3.69. The molecular formula is C32H56O10. The van der Waals surface area contributed by atoms with Crippen LogP contribution in [-0.4, -0.2) is 58.9 Å². The number of unbranched alkanes of at least 4 members (excludes halogenated alkanes) is 12. The Bertz CT molecular complexity index is 752. The zero-order chi connectivity index (χ0) is 31.4. The molecule has 0 aliphatic heterocycles. The van der Waals surface area contributed by atoms with E-state index >= 15 is 0 Å². The van der Waals surface area contributed by atoms with Crippen molar-refractivity contribution in [1.82, 2.24) is 0 Å². The van der Waals surface area contributed by atoms with Crippen molar-refractivity contribution >= 4 is 29.8 Å². The van der Waals surface area contributed by atoms with Crippen LogP contribution in [0.5, 0.6) is 0 Å². The summed E-state index contributed by atoms with van der Waals surface area (Å²) in [4.78, 5) is 58.5. The summed E-state index contributed by atoms with van der Waals surface area (Å²) in [6.45, 7) is 4.75. The van der Waals surface area contributed by atoms with E-state index < -0.39 is 36.1 Å². The molecule has 0 bridgehead atoms. The summed E-state index contributed by atoms with van der Waals surface area (Å²) in [6, 6.07) is 0. The van der Waals surface area contributed by atoms with Crippen molar-refractivity contribution in [3.8, 4) is 0 Å². The smallest absolute Gasteiger partial charge is 0.306 e. The number of carboxylic acids is 2. The number of carbonyl (C=O) groups is 5. The Morgan fingerprint density at radius 1 is 0.476 bits per heavy atom. The first-order chi connectivity index (χ1) is 20.2. The van der Waals surface area contributed by atoms with Crippen LogP contribution >= 0.6 is 0 Å². The predicted molar refractivity (Wildman–Crippen MR) is 159 cm³/mol. The minimum Gasteiger partial charge on any atom is -0.481 e. The average Bonchev–Trinajstić information content (AvgIpc) is 2.94. The first-order valence-corrected chi connectivity index (χ1v) is 16.2. The second-order valence-electron chi connectivity index (χ2n) is 11.0. The van der Waals surface area contributed by atoms with Crippen molar-refractivity contribution in [2.75, 3.05) is 6.61 Å². The zero-order valence-corrected chi connectivity index (χ0v) is 26.1. The second kappa shape index (κ2) is 27.2. The highest BCUT2D eigenvalue weighted by Gasteiger charge is 2.28. The lowest BCUT2D eigenvalue weighted by Gasteiger charge is -2.27. The van der Waals surface area contributed by atoms with Gasteiger partial charge in [0.2, 0.25) is 0 Å². The van der Waals surface area contributed by atoms with Gasteiger partial charge >= 0.3 is 29.8 Å². The molecule has 2 N–H and O–H groups in total.